The first-order valence-corrected chi connectivity index (χ1v) is 17.9. The molecule has 266 valence electrons. The van der Waals surface area contributed by atoms with E-state index in [9.17, 15) is 19.5 Å². The van der Waals surface area contributed by atoms with Crippen LogP contribution in [0.5, 0.6) is 0 Å². The molecule has 0 saturated carbocycles. The van der Waals surface area contributed by atoms with Gasteiger partial charge < -0.3 is 29.3 Å². The lowest BCUT2D eigenvalue weighted by molar-refractivity contribution is -0.164. The van der Waals surface area contributed by atoms with Gasteiger partial charge in [-0.1, -0.05) is 98.3 Å². The Hall–Kier alpha value is -4.28. The molecule has 4 heterocycles. The molecule has 4 aliphatic heterocycles. The fourth-order valence-corrected chi connectivity index (χ4v) is 8.35. The van der Waals surface area contributed by atoms with Crippen molar-refractivity contribution >= 4 is 23.7 Å². The molecule has 2 aromatic rings. The number of carbonyl (C=O) groups is 4. The number of aliphatic hydroxyl groups is 1. The molecule has 10 nitrogen and oxygen atoms in total. The number of cyclic esters (lactones) is 1. The van der Waals surface area contributed by atoms with E-state index in [-0.39, 0.29) is 30.9 Å². The maximum absolute atomic E-state index is 15.0. The first kappa shape index (κ1) is 35.5. The standard InChI is InChI=1S/C40H49N3O7/c1-5-15-26(2)42-23-14-22-40-34(37(46)43(36(40)38(42)47)30(25-44)24-28-16-8-6-9-17-28)33-31(50-40)20-12-13-21-32(45)41(4)27(3)35(49-39(33)48)29-18-10-7-11-19-29/h6-12,14,16-20,22,26-27,30-31,33-36,44H,5,13,15,21,23-25H2,1-4H3/b20-12-/t26?,27-,30-,31-,33+,34+,35+,36-,40+/m1/s1. The first-order chi connectivity index (χ1) is 24.1. The summed E-state index contributed by atoms with van der Waals surface area (Å²) >= 11 is 0. The van der Waals surface area contributed by atoms with Crippen LogP contribution in [0.25, 0.3) is 0 Å². The number of benzene rings is 2. The van der Waals surface area contributed by atoms with E-state index in [0.29, 0.717) is 19.4 Å². The molecule has 0 aliphatic carbocycles. The van der Waals surface area contributed by atoms with Gasteiger partial charge in [0, 0.05) is 26.1 Å². The number of hydrogen-bond acceptors (Lipinski definition) is 7. The molecule has 10 heteroatoms. The van der Waals surface area contributed by atoms with Crippen molar-refractivity contribution in [2.45, 2.75) is 94.9 Å². The van der Waals surface area contributed by atoms with Gasteiger partial charge in [-0.25, -0.2) is 0 Å². The zero-order valence-corrected chi connectivity index (χ0v) is 29.4. The highest BCUT2D eigenvalue weighted by atomic mass is 16.6. The Bertz CT molecular complexity index is 1610. The van der Waals surface area contributed by atoms with Gasteiger partial charge in [0.05, 0.1) is 30.7 Å². The summed E-state index contributed by atoms with van der Waals surface area (Å²) in [6.07, 6.45) is 8.17. The van der Waals surface area contributed by atoms with E-state index in [2.05, 4.69) is 6.92 Å². The second-order valence-electron chi connectivity index (χ2n) is 14.1. The predicted molar refractivity (Wildman–Crippen MR) is 187 cm³/mol. The van der Waals surface area contributed by atoms with E-state index >= 15 is 4.79 Å². The number of nitrogens with zero attached hydrogens (tertiary/aromatic N) is 3. The topological polar surface area (TPSA) is 117 Å². The fourth-order valence-electron chi connectivity index (χ4n) is 8.35. The Morgan fingerprint density at radius 2 is 1.68 bits per heavy atom. The molecule has 1 spiro atoms. The van der Waals surface area contributed by atoms with Gasteiger partial charge in [-0.05, 0) is 44.2 Å². The molecule has 2 saturated heterocycles. The highest BCUT2D eigenvalue weighted by Crippen LogP contribution is 2.54. The quantitative estimate of drug-likeness (QED) is 0.327. The van der Waals surface area contributed by atoms with Crippen LogP contribution in [0.2, 0.25) is 0 Å². The number of esters is 1. The molecule has 2 fully saturated rings. The average Bonchev–Trinajstić information content (AvgIpc) is 3.51. The number of likely N-dealkylation sites (tertiary alicyclic amines) is 1. The summed E-state index contributed by atoms with van der Waals surface area (Å²) in [5.74, 6) is -3.58. The van der Waals surface area contributed by atoms with Crippen LogP contribution in [0.15, 0.2) is 85.0 Å². The van der Waals surface area contributed by atoms with E-state index in [1.807, 2.05) is 92.7 Å². The van der Waals surface area contributed by atoms with Gasteiger partial charge in [0.2, 0.25) is 17.7 Å². The van der Waals surface area contributed by atoms with Gasteiger partial charge in [0.1, 0.15) is 23.7 Å². The Morgan fingerprint density at radius 3 is 2.36 bits per heavy atom. The molecule has 2 aromatic carbocycles. The number of amides is 3. The summed E-state index contributed by atoms with van der Waals surface area (Å²) in [5.41, 5.74) is 0.137. The predicted octanol–water partition coefficient (Wildman–Crippen LogP) is 4.24. The van der Waals surface area contributed by atoms with Crippen LogP contribution >= 0.6 is 0 Å². The number of fused-ring (bicyclic) bond motifs is 2. The molecule has 0 bridgehead atoms. The highest BCUT2D eigenvalue weighted by Gasteiger charge is 2.72. The van der Waals surface area contributed by atoms with Crippen LogP contribution in [-0.2, 0) is 35.1 Å². The van der Waals surface area contributed by atoms with Gasteiger partial charge in [-0.15, -0.1) is 0 Å². The van der Waals surface area contributed by atoms with Crippen molar-refractivity contribution < 1.29 is 33.8 Å². The average molecular weight is 684 g/mol. The van der Waals surface area contributed by atoms with Crippen molar-refractivity contribution in [2.75, 3.05) is 20.2 Å². The normalized spacial score (nSPS) is 31.9. The van der Waals surface area contributed by atoms with E-state index in [1.54, 1.807) is 22.9 Å². The fraction of sp³-hybridized carbons (Fsp3) is 0.500. The minimum absolute atomic E-state index is 0.0861. The second-order valence-corrected chi connectivity index (χ2v) is 14.1. The second kappa shape index (κ2) is 14.9. The number of carbonyl (C=O) groups excluding carboxylic acids is 4. The molecule has 0 radical (unpaired) electrons. The third kappa shape index (κ3) is 6.39. The van der Waals surface area contributed by atoms with Crippen molar-refractivity contribution in [1.82, 2.24) is 14.7 Å². The Morgan fingerprint density at radius 1 is 0.980 bits per heavy atom. The van der Waals surface area contributed by atoms with E-state index in [1.165, 1.54) is 4.90 Å². The Balaban J connectivity index is 1.47. The summed E-state index contributed by atoms with van der Waals surface area (Å²) in [6.45, 7) is 5.87. The third-order valence-corrected chi connectivity index (χ3v) is 11.1. The molecular weight excluding hydrogens is 634 g/mol. The lowest BCUT2D eigenvalue weighted by atomic mass is 9.77. The van der Waals surface area contributed by atoms with Crippen LogP contribution in [0.4, 0.5) is 0 Å². The van der Waals surface area contributed by atoms with Crippen molar-refractivity contribution in [3.8, 4) is 0 Å². The number of likely N-dealkylation sites (N-methyl/N-ethyl adjacent to an activating group) is 1. The minimum Gasteiger partial charge on any atom is -0.455 e. The van der Waals surface area contributed by atoms with Crippen LogP contribution < -0.4 is 0 Å². The number of aliphatic hydroxyl groups excluding tert-OH is 1. The van der Waals surface area contributed by atoms with Crippen LogP contribution in [-0.4, -0.2) is 99.6 Å². The van der Waals surface area contributed by atoms with E-state index in [0.717, 1.165) is 24.0 Å². The Kier molecular flexibility index (Phi) is 10.6. The molecule has 9 atom stereocenters. The van der Waals surface area contributed by atoms with Crippen LogP contribution in [0.3, 0.4) is 0 Å². The van der Waals surface area contributed by atoms with Crippen LogP contribution in [0, 0.1) is 11.8 Å². The molecule has 4 aliphatic rings. The summed E-state index contributed by atoms with van der Waals surface area (Å²) in [7, 11) is 1.71. The van der Waals surface area contributed by atoms with Crippen molar-refractivity contribution in [2.24, 2.45) is 11.8 Å². The van der Waals surface area contributed by atoms with Gasteiger partial charge in [0.25, 0.3) is 0 Å². The van der Waals surface area contributed by atoms with Crippen molar-refractivity contribution in [1.29, 1.82) is 0 Å². The summed E-state index contributed by atoms with van der Waals surface area (Å²) in [5, 5.41) is 10.8. The summed E-state index contributed by atoms with van der Waals surface area (Å²) < 4.78 is 13.3. The van der Waals surface area contributed by atoms with Crippen molar-refractivity contribution in [3.05, 3.63) is 96.1 Å². The molecule has 50 heavy (non-hydrogen) atoms. The molecule has 3 amide bonds. The van der Waals surface area contributed by atoms with Crippen molar-refractivity contribution in [3.63, 3.8) is 0 Å². The van der Waals surface area contributed by atoms with E-state index in [4.69, 9.17) is 9.47 Å². The largest absolute Gasteiger partial charge is 0.455 e. The van der Waals surface area contributed by atoms with Gasteiger partial charge >= 0.3 is 5.97 Å². The maximum Gasteiger partial charge on any atom is 0.313 e. The number of rotatable bonds is 8. The summed E-state index contributed by atoms with van der Waals surface area (Å²) in [4.78, 5) is 62.6. The zero-order valence-electron chi connectivity index (χ0n) is 29.4. The highest BCUT2D eigenvalue weighted by molar-refractivity contribution is 5.99. The summed E-state index contributed by atoms with van der Waals surface area (Å²) in [6, 6.07) is 16.4. The smallest absolute Gasteiger partial charge is 0.313 e. The lowest BCUT2D eigenvalue weighted by Crippen LogP contribution is -2.59. The van der Waals surface area contributed by atoms with Gasteiger partial charge in [0.15, 0.2) is 0 Å². The number of allylic oxidation sites excluding steroid dienone is 1. The molecule has 6 rings (SSSR count). The maximum atomic E-state index is 15.0. The molecule has 1 unspecified atom stereocenters. The van der Waals surface area contributed by atoms with Gasteiger partial charge in [-0.3, -0.25) is 19.2 Å². The minimum atomic E-state index is -1.49. The number of hydrogen-bond donors (Lipinski definition) is 1. The first-order valence-electron chi connectivity index (χ1n) is 17.9. The lowest BCUT2D eigenvalue weighted by Gasteiger charge is -2.40. The third-order valence-electron chi connectivity index (χ3n) is 11.1. The van der Waals surface area contributed by atoms with E-state index < -0.39 is 59.6 Å². The van der Waals surface area contributed by atoms with Crippen LogP contribution in [0.1, 0.15) is 63.7 Å². The number of ether oxygens (including phenoxy) is 2. The SMILES string of the molecule is CCCC(C)N1CC=C[C@]23O[C@@H]4/C=C\CCC(=O)N(C)[C@H](C)[C@@H](c5ccccc5)OC(=O)[C@@H]4[C@H]2C(=O)N([C@@H](CO)Cc2ccccc2)[C@@H]3C1=O. The van der Waals surface area contributed by atoms with Gasteiger partial charge in [-0.2, -0.15) is 0 Å². The monoisotopic (exact) mass is 683 g/mol. The zero-order chi connectivity index (χ0) is 35.6. The Labute approximate surface area is 294 Å². The molecule has 0 aromatic heterocycles. The molecular formula is C40H49N3O7. The molecule has 1 N–H and O–H groups in total.